The van der Waals surface area contributed by atoms with Gasteiger partial charge in [0.05, 0.1) is 36.7 Å². The Bertz CT molecular complexity index is 825. The van der Waals surface area contributed by atoms with Crippen molar-refractivity contribution in [3.05, 3.63) is 47.7 Å². The highest BCUT2D eigenvalue weighted by Crippen LogP contribution is 2.27. The van der Waals surface area contributed by atoms with Gasteiger partial charge in [0, 0.05) is 0 Å². The fourth-order valence-electron chi connectivity index (χ4n) is 3.28. The summed E-state index contributed by atoms with van der Waals surface area (Å²) in [4.78, 5) is 4.66. The molecular formula is C18H21N4O2S+. The minimum absolute atomic E-state index is 0.160. The van der Waals surface area contributed by atoms with Crippen LogP contribution < -0.4 is 9.80 Å². The summed E-state index contributed by atoms with van der Waals surface area (Å²) in [6.45, 7) is 5.85. The number of benzene rings is 1. The van der Waals surface area contributed by atoms with Gasteiger partial charge in [-0.2, -0.15) is 0 Å². The lowest BCUT2D eigenvalue weighted by Crippen LogP contribution is -3.14. The molecule has 1 aliphatic heterocycles. The van der Waals surface area contributed by atoms with Gasteiger partial charge in [-0.1, -0.05) is 18.2 Å². The summed E-state index contributed by atoms with van der Waals surface area (Å²) in [5.74, 6) is 1.63. The number of nitrogens with one attached hydrogen (secondary N) is 1. The van der Waals surface area contributed by atoms with Gasteiger partial charge < -0.3 is 19.3 Å². The van der Waals surface area contributed by atoms with Crippen LogP contribution in [0, 0.1) is 0 Å². The van der Waals surface area contributed by atoms with Crippen LogP contribution >= 0.6 is 11.3 Å². The molecule has 0 radical (unpaired) electrons. The first-order valence-corrected chi connectivity index (χ1v) is 9.35. The quantitative estimate of drug-likeness (QED) is 0.747. The van der Waals surface area contributed by atoms with Gasteiger partial charge in [-0.05, 0) is 30.5 Å². The molecule has 0 bridgehead atoms. The van der Waals surface area contributed by atoms with E-state index in [-0.39, 0.29) is 6.04 Å². The number of phenolic OH excluding ortho intramolecular Hbond substituents is 1. The number of hydrogen-bond acceptors (Lipinski definition) is 6. The summed E-state index contributed by atoms with van der Waals surface area (Å²) in [6.07, 6.45) is 0. The molecule has 0 aliphatic carbocycles. The summed E-state index contributed by atoms with van der Waals surface area (Å²) in [5, 5.41) is 20.5. The molecule has 130 valence electrons. The number of rotatable bonds is 4. The maximum Gasteiger partial charge on any atom is 0.274 e. The maximum atomic E-state index is 10.0. The number of thiophene rings is 1. The molecule has 4 rings (SSSR count). The van der Waals surface area contributed by atoms with Crippen molar-refractivity contribution in [3.63, 3.8) is 0 Å². The number of aromatic nitrogens is 2. The van der Waals surface area contributed by atoms with Crippen LogP contribution in [-0.4, -0.2) is 41.5 Å². The van der Waals surface area contributed by atoms with E-state index >= 15 is 0 Å². The topological polar surface area (TPSA) is 66.8 Å². The van der Waals surface area contributed by atoms with E-state index < -0.39 is 0 Å². The van der Waals surface area contributed by atoms with Gasteiger partial charge in [-0.3, -0.25) is 0 Å². The Morgan fingerprint density at radius 3 is 2.68 bits per heavy atom. The molecule has 7 heteroatoms. The third kappa shape index (κ3) is 3.25. The SMILES string of the molecule is C[C@H](c1nnc(-c2cccs2)o1)[NH+]1CCN(c2ccccc2O)CC1. The summed E-state index contributed by atoms with van der Waals surface area (Å²) >= 11 is 1.60. The Balaban J connectivity index is 1.41. The molecule has 1 saturated heterocycles. The zero-order valence-corrected chi connectivity index (χ0v) is 14.9. The smallest absolute Gasteiger partial charge is 0.274 e. The minimum Gasteiger partial charge on any atom is -0.506 e. The van der Waals surface area contributed by atoms with Crippen molar-refractivity contribution in [2.45, 2.75) is 13.0 Å². The van der Waals surface area contributed by atoms with E-state index in [9.17, 15) is 5.11 Å². The first kappa shape index (κ1) is 16.1. The van der Waals surface area contributed by atoms with E-state index in [2.05, 4.69) is 22.0 Å². The van der Waals surface area contributed by atoms with E-state index in [1.807, 2.05) is 35.7 Å². The van der Waals surface area contributed by atoms with Crippen LogP contribution in [0.5, 0.6) is 5.75 Å². The van der Waals surface area contributed by atoms with Crippen LogP contribution in [0.25, 0.3) is 10.8 Å². The second-order valence-electron chi connectivity index (χ2n) is 6.28. The third-order valence-corrected chi connectivity index (χ3v) is 5.64. The molecule has 1 aliphatic rings. The second-order valence-corrected chi connectivity index (χ2v) is 7.23. The Kier molecular flexibility index (Phi) is 4.42. The van der Waals surface area contributed by atoms with Crippen molar-refractivity contribution in [2.75, 3.05) is 31.1 Å². The number of anilines is 1. The largest absolute Gasteiger partial charge is 0.506 e. The second kappa shape index (κ2) is 6.85. The zero-order chi connectivity index (χ0) is 17.2. The predicted molar refractivity (Wildman–Crippen MR) is 97.0 cm³/mol. The molecule has 3 heterocycles. The number of para-hydroxylation sites is 2. The Labute approximate surface area is 150 Å². The molecule has 0 unspecified atom stereocenters. The average Bonchev–Trinajstić information content (AvgIpc) is 3.33. The highest BCUT2D eigenvalue weighted by Gasteiger charge is 2.30. The fraction of sp³-hybridized carbons (Fsp3) is 0.333. The van der Waals surface area contributed by atoms with Crippen molar-refractivity contribution in [3.8, 4) is 16.5 Å². The highest BCUT2D eigenvalue weighted by atomic mass is 32.1. The summed E-state index contributed by atoms with van der Waals surface area (Å²) in [5.41, 5.74) is 0.909. The van der Waals surface area contributed by atoms with Gasteiger partial charge in [0.1, 0.15) is 5.75 Å². The van der Waals surface area contributed by atoms with Gasteiger partial charge in [-0.25, -0.2) is 0 Å². The summed E-state index contributed by atoms with van der Waals surface area (Å²) in [7, 11) is 0. The first-order valence-electron chi connectivity index (χ1n) is 8.47. The molecule has 6 nitrogen and oxygen atoms in total. The Morgan fingerprint density at radius 1 is 1.16 bits per heavy atom. The number of nitrogens with zero attached hydrogens (tertiary/aromatic N) is 3. The maximum absolute atomic E-state index is 10.0. The normalized spacial score (nSPS) is 16.9. The molecule has 25 heavy (non-hydrogen) atoms. The molecule has 1 atom stereocenters. The van der Waals surface area contributed by atoms with E-state index in [0.29, 0.717) is 17.5 Å². The lowest BCUT2D eigenvalue weighted by Gasteiger charge is -2.35. The van der Waals surface area contributed by atoms with Gasteiger partial charge in [-0.15, -0.1) is 21.5 Å². The van der Waals surface area contributed by atoms with Crippen molar-refractivity contribution in [1.29, 1.82) is 0 Å². The van der Waals surface area contributed by atoms with E-state index in [0.717, 1.165) is 36.7 Å². The van der Waals surface area contributed by atoms with Crippen LogP contribution in [0.3, 0.4) is 0 Å². The predicted octanol–water partition coefficient (Wildman–Crippen LogP) is 1.97. The molecule has 0 amide bonds. The monoisotopic (exact) mass is 357 g/mol. The first-order chi connectivity index (χ1) is 12.2. The van der Waals surface area contributed by atoms with Crippen LogP contribution in [0.2, 0.25) is 0 Å². The third-order valence-electron chi connectivity index (χ3n) is 4.78. The molecule has 1 fully saturated rings. The van der Waals surface area contributed by atoms with Crippen molar-refractivity contribution in [2.24, 2.45) is 0 Å². The summed E-state index contributed by atoms with van der Waals surface area (Å²) in [6, 6.07) is 11.6. The average molecular weight is 357 g/mol. The van der Waals surface area contributed by atoms with Gasteiger partial charge in [0.2, 0.25) is 0 Å². The van der Waals surface area contributed by atoms with Crippen molar-refractivity contribution >= 4 is 17.0 Å². The van der Waals surface area contributed by atoms with E-state index in [1.165, 1.54) is 4.90 Å². The van der Waals surface area contributed by atoms with Crippen molar-refractivity contribution < 1.29 is 14.4 Å². The van der Waals surface area contributed by atoms with Crippen LogP contribution in [0.1, 0.15) is 18.9 Å². The zero-order valence-electron chi connectivity index (χ0n) is 14.1. The minimum atomic E-state index is 0.160. The molecule has 2 aromatic heterocycles. The van der Waals surface area contributed by atoms with Gasteiger partial charge >= 0.3 is 0 Å². The van der Waals surface area contributed by atoms with E-state index in [4.69, 9.17) is 4.42 Å². The number of phenols is 1. The molecule has 0 spiro atoms. The van der Waals surface area contributed by atoms with Crippen LogP contribution in [0.15, 0.2) is 46.2 Å². The molecule has 2 N–H and O–H groups in total. The number of piperazine rings is 1. The highest BCUT2D eigenvalue weighted by molar-refractivity contribution is 7.13. The van der Waals surface area contributed by atoms with Gasteiger partial charge in [0.15, 0.2) is 6.04 Å². The number of aromatic hydroxyl groups is 1. The molecule has 0 saturated carbocycles. The lowest BCUT2D eigenvalue weighted by atomic mass is 10.2. The standard InChI is InChI=1S/C18H20N4O2S/c1-13(17-19-20-18(24-17)16-7-4-12-25-16)21-8-10-22(11-9-21)14-5-2-3-6-15(14)23/h2-7,12-13,23H,8-11H2,1H3/p+1/t13-/m1/s1. The van der Waals surface area contributed by atoms with Crippen LogP contribution in [0.4, 0.5) is 5.69 Å². The Morgan fingerprint density at radius 2 is 1.96 bits per heavy atom. The Hall–Kier alpha value is -2.38. The number of hydrogen-bond donors (Lipinski definition) is 2. The molecule has 3 aromatic rings. The van der Waals surface area contributed by atoms with Crippen LogP contribution in [-0.2, 0) is 0 Å². The summed E-state index contributed by atoms with van der Waals surface area (Å²) < 4.78 is 5.89. The van der Waals surface area contributed by atoms with Crippen molar-refractivity contribution in [1.82, 2.24) is 10.2 Å². The molecular weight excluding hydrogens is 336 g/mol. The van der Waals surface area contributed by atoms with E-state index in [1.54, 1.807) is 17.4 Å². The fourth-order valence-corrected chi connectivity index (χ4v) is 3.93. The molecule has 1 aromatic carbocycles. The lowest BCUT2D eigenvalue weighted by molar-refractivity contribution is -0.931. The number of quaternary nitrogens is 1. The van der Waals surface area contributed by atoms with Gasteiger partial charge in [0.25, 0.3) is 11.8 Å².